The zero-order chi connectivity index (χ0) is 13.5. The maximum Gasteiger partial charge on any atom is 0.0948 e. The van der Waals surface area contributed by atoms with Gasteiger partial charge in [0.2, 0.25) is 0 Å². The molecule has 0 amide bonds. The van der Waals surface area contributed by atoms with Crippen LogP contribution in [0.4, 0.5) is 0 Å². The predicted octanol–water partition coefficient (Wildman–Crippen LogP) is 2.76. The van der Waals surface area contributed by atoms with Gasteiger partial charge in [0.25, 0.3) is 0 Å². The van der Waals surface area contributed by atoms with E-state index in [1.807, 2.05) is 12.5 Å². The summed E-state index contributed by atoms with van der Waals surface area (Å²) < 4.78 is 7.91. The van der Waals surface area contributed by atoms with Gasteiger partial charge in [0.05, 0.1) is 12.0 Å². The average Bonchev–Trinajstić information content (AvgIpc) is 2.87. The molecule has 108 valence electrons. The molecule has 1 fully saturated rings. The molecular formula is C15H27N3O. The lowest BCUT2D eigenvalue weighted by Gasteiger charge is -2.24. The van der Waals surface area contributed by atoms with E-state index >= 15 is 0 Å². The summed E-state index contributed by atoms with van der Waals surface area (Å²) in [5.74, 6) is 0.621. The monoisotopic (exact) mass is 265 g/mol. The molecule has 1 unspecified atom stereocenters. The second-order valence-corrected chi connectivity index (χ2v) is 5.84. The maximum absolute atomic E-state index is 5.63. The first-order chi connectivity index (χ1) is 9.27. The Morgan fingerprint density at radius 3 is 3.11 bits per heavy atom. The number of imidazole rings is 1. The van der Waals surface area contributed by atoms with Gasteiger partial charge in [-0.3, -0.25) is 0 Å². The highest BCUT2D eigenvalue weighted by molar-refractivity contribution is 5.06. The van der Waals surface area contributed by atoms with E-state index in [-0.39, 0.29) is 0 Å². The Labute approximate surface area is 116 Å². The van der Waals surface area contributed by atoms with Crippen molar-refractivity contribution in [2.75, 3.05) is 19.8 Å². The Balaban J connectivity index is 1.76. The van der Waals surface area contributed by atoms with Crippen molar-refractivity contribution in [3.05, 3.63) is 18.2 Å². The van der Waals surface area contributed by atoms with Crippen LogP contribution in [0.3, 0.4) is 0 Å². The minimum atomic E-state index is 0.493. The maximum atomic E-state index is 5.63. The van der Waals surface area contributed by atoms with Crippen LogP contribution in [0.25, 0.3) is 0 Å². The van der Waals surface area contributed by atoms with Crippen molar-refractivity contribution < 1.29 is 4.74 Å². The smallest absolute Gasteiger partial charge is 0.0948 e. The second kappa shape index (κ2) is 7.65. The Morgan fingerprint density at radius 2 is 2.37 bits per heavy atom. The van der Waals surface area contributed by atoms with E-state index in [0.717, 1.165) is 32.7 Å². The molecule has 1 aromatic rings. The van der Waals surface area contributed by atoms with Gasteiger partial charge >= 0.3 is 0 Å². The summed E-state index contributed by atoms with van der Waals surface area (Å²) in [6.45, 7) is 8.21. The van der Waals surface area contributed by atoms with Crippen molar-refractivity contribution in [2.24, 2.45) is 5.92 Å². The van der Waals surface area contributed by atoms with Crippen molar-refractivity contribution >= 4 is 0 Å². The molecule has 0 bridgehead atoms. The standard InChI is InChI=1S/C15H27N3O/c1-13(2)11-19-9-5-8-18-12-16-10-15(18)14-6-3-4-7-17-14/h10,12-14,17H,3-9,11H2,1-2H3. The highest BCUT2D eigenvalue weighted by Gasteiger charge is 2.17. The first-order valence-electron chi connectivity index (χ1n) is 7.58. The molecule has 0 aliphatic carbocycles. The molecule has 0 aromatic carbocycles. The van der Waals surface area contributed by atoms with Crippen LogP contribution in [0.5, 0.6) is 0 Å². The molecule has 1 saturated heterocycles. The van der Waals surface area contributed by atoms with Crippen LogP contribution in [0, 0.1) is 5.92 Å². The van der Waals surface area contributed by atoms with Gasteiger partial charge in [-0.1, -0.05) is 20.3 Å². The molecule has 1 atom stereocenters. The third kappa shape index (κ3) is 4.62. The minimum Gasteiger partial charge on any atom is -0.381 e. The first kappa shape index (κ1) is 14.5. The summed E-state index contributed by atoms with van der Waals surface area (Å²) in [5.41, 5.74) is 1.34. The van der Waals surface area contributed by atoms with Crippen LogP contribution >= 0.6 is 0 Å². The SMILES string of the molecule is CC(C)COCCCn1cncc1C1CCCCN1. The molecule has 1 aliphatic rings. The summed E-state index contributed by atoms with van der Waals surface area (Å²) in [4.78, 5) is 4.31. The molecule has 2 heterocycles. The Hall–Kier alpha value is -0.870. The van der Waals surface area contributed by atoms with E-state index in [0.29, 0.717) is 12.0 Å². The lowest BCUT2D eigenvalue weighted by Crippen LogP contribution is -2.28. The van der Waals surface area contributed by atoms with Gasteiger partial charge in [-0.15, -0.1) is 0 Å². The number of piperidine rings is 1. The molecule has 1 aliphatic heterocycles. The van der Waals surface area contributed by atoms with Crippen molar-refractivity contribution in [2.45, 2.75) is 52.1 Å². The number of nitrogens with zero attached hydrogens (tertiary/aromatic N) is 2. The predicted molar refractivity (Wildman–Crippen MR) is 77.1 cm³/mol. The van der Waals surface area contributed by atoms with Gasteiger partial charge in [0.15, 0.2) is 0 Å². The molecule has 4 nitrogen and oxygen atoms in total. The van der Waals surface area contributed by atoms with Gasteiger partial charge in [-0.05, 0) is 31.7 Å². The third-order valence-electron chi connectivity index (χ3n) is 3.55. The second-order valence-electron chi connectivity index (χ2n) is 5.84. The lowest BCUT2D eigenvalue weighted by atomic mass is 10.0. The highest BCUT2D eigenvalue weighted by Crippen LogP contribution is 2.22. The van der Waals surface area contributed by atoms with E-state index in [4.69, 9.17) is 4.74 Å². The van der Waals surface area contributed by atoms with Crippen molar-refractivity contribution in [3.63, 3.8) is 0 Å². The minimum absolute atomic E-state index is 0.493. The van der Waals surface area contributed by atoms with Crippen LogP contribution in [0.1, 0.15) is 51.3 Å². The number of rotatable bonds is 7. The Morgan fingerprint density at radius 1 is 1.47 bits per heavy atom. The number of hydrogen-bond acceptors (Lipinski definition) is 3. The summed E-state index contributed by atoms with van der Waals surface area (Å²) in [7, 11) is 0. The number of nitrogens with one attached hydrogen (secondary N) is 1. The fraction of sp³-hybridized carbons (Fsp3) is 0.800. The molecule has 2 rings (SSSR count). The van der Waals surface area contributed by atoms with Gasteiger partial charge < -0.3 is 14.6 Å². The normalized spacial score (nSPS) is 20.1. The van der Waals surface area contributed by atoms with Crippen LogP contribution in [-0.4, -0.2) is 29.3 Å². The molecule has 19 heavy (non-hydrogen) atoms. The van der Waals surface area contributed by atoms with Crippen molar-refractivity contribution in [1.29, 1.82) is 0 Å². The Bertz CT molecular complexity index is 356. The Kier molecular flexibility index (Phi) is 5.86. The summed E-state index contributed by atoms with van der Waals surface area (Å²) in [5, 5.41) is 3.59. The molecule has 0 spiro atoms. The quantitative estimate of drug-likeness (QED) is 0.771. The summed E-state index contributed by atoms with van der Waals surface area (Å²) >= 11 is 0. The van der Waals surface area contributed by atoms with Crippen LogP contribution < -0.4 is 5.32 Å². The summed E-state index contributed by atoms with van der Waals surface area (Å²) in [6, 6.07) is 0.493. The topological polar surface area (TPSA) is 39.1 Å². The number of aromatic nitrogens is 2. The number of hydrogen-bond donors (Lipinski definition) is 1. The van der Waals surface area contributed by atoms with E-state index < -0.39 is 0 Å². The fourth-order valence-electron chi connectivity index (χ4n) is 2.57. The van der Waals surface area contributed by atoms with Crippen molar-refractivity contribution in [3.8, 4) is 0 Å². The molecule has 4 heteroatoms. The largest absolute Gasteiger partial charge is 0.381 e. The molecule has 1 aromatic heterocycles. The number of ether oxygens (including phenoxy) is 1. The zero-order valence-electron chi connectivity index (χ0n) is 12.3. The molecule has 1 N–H and O–H groups in total. The van der Waals surface area contributed by atoms with Gasteiger partial charge in [-0.25, -0.2) is 4.98 Å². The van der Waals surface area contributed by atoms with Gasteiger partial charge in [0.1, 0.15) is 0 Å². The molecule has 0 radical (unpaired) electrons. The van der Waals surface area contributed by atoms with Gasteiger partial charge in [-0.2, -0.15) is 0 Å². The third-order valence-corrected chi connectivity index (χ3v) is 3.55. The van der Waals surface area contributed by atoms with E-state index in [9.17, 15) is 0 Å². The molecule has 0 saturated carbocycles. The average molecular weight is 265 g/mol. The highest BCUT2D eigenvalue weighted by atomic mass is 16.5. The fourth-order valence-corrected chi connectivity index (χ4v) is 2.57. The van der Waals surface area contributed by atoms with E-state index in [1.54, 1.807) is 0 Å². The zero-order valence-corrected chi connectivity index (χ0v) is 12.3. The van der Waals surface area contributed by atoms with Crippen LogP contribution in [0.2, 0.25) is 0 Å². The first-order valence-corrected chi connectivity index (χ1v) is 7.58. The van der Waals surface area contributed by atoms with Gasteiger partial charge in [0, 0.05) is 32.0 Å². The lowest BCUT2D eigenvalue weighted by molar-refractivity contribution is 0.105. The molecular weight excluding hydrogens is 238 g/mol. The summed E-state index contributed by atoms with van der Waals surface area (Å²) in [6.07, 6.45) is 8.87. The van der Waals surface area contributed by atoms with Crippen molar-refractivity contribution in [1.82, 2.24) is 14.9 Å². The van der Waals surface area contributed by atoms with E-state index in [2.05, 4.69) is 28.7 Å². The van der Waals surface area contributed by atoms with Crippen LogP contribution in [-0.2, 0) is 11.3 Å². The number of aryl methyl sites for hydroxylation is 1. The van der Waals surface area contributed by atoms with Crippen LogP contribution in [0.15, 0.2) is 12.5 Å². The van der Waals surface area contributed by atoms with E-state index in [1.165, 1.54) is 25.0 Å².